The van der Waals surface area contributed by atoms with Gasteiger partial charge in [0.05, 0.1) is 6.04 Å². The standard InChI is InChI=1S/C11H24N4O2S/c1-10-3-2-5-14(9-10)18(16,17)15-6-4-13-8-11(15)7-12/h10-11,13H,2-9,12H2,1H3. The number of piperidine rings is 1. The lowest BCUT2D eigenvalue weighted by Crippen LogP contribution is -2.60. The molecule has 0 aromatic carbocycles. The second kappa shape index (κ2) is 5.83. The van der Waals surface area contributed by atoms with E-state index in [0.717, 1.165) is 12.8 Å². The van der Waals surface area contributed by atoms with Crippen LogP contribution in [0.3, 0.4) is 0 Å². The van der Waals surface area contributed by atoms with Gasteiger partial charge in [0, 0.05) is 39.3 Å². The van der Waals surface area contributed by atoms with Gasteiger partial charge in [-0.1, -0.05) is 6.92 Å². The van der Waals surface area contributed by atoms with Gasteiger partial charge in [0.25, 0.3) is 10.2 Å². The first-order valence-electron chi connectivity index (χ1n) is 6.73. The number of piperazine rings is 1. The lowest BCUT2D eigenvalue weighted by molar-refractivity contribution is 0.221. The Bertz CT molecular complexity index is 373. The topological polar surface area (TPSA) is 78.7 Å². The highest BCUT2D eigenvalue weighted by atomic mass is 32.2. The Morgan fingerprint density at radius 3 is 2.83 bits per heavy atom. The molecule has 0 spiro atoms. The fourth-order valence-corrected chi connectivity index (χ4v) is 4.71. The van der Waals surface area contributed by atoms with E-state index in [2.05, 4.69) is 12.2 Å². The van der Waals surface area contributed by atoms with E-state index in [1.807, 2.05) is 0 Å². The number of nitrogens with zero attached hydrogens (tertiary/aromatic N) is 2. The third-order valence-electron chi connectivity index (χ3n) is 3.81. The summed E-state index contributed by atoms with van der Waals surface area (Å²) >= 11 is 0. The molecule has 2 saturated heterocycles. The van der Waals surface area contributed by atoms with Crippen molar-refractivity contribution in [2.75, 3.05) is 39.3 Å². The van der Waals surface area contributed by atoms with Gasteiger partial charge in [-0.25, -0.2) is 0 Å². The minimum Gasteiger partial charge on any atom is -0.329 e. The number of nitrogens with one attached hydrogen (secondary N) is 1. The van der Waals surface area contributed by atoms with Gasteiger partial charge < -0.3 is 11.1 Å². The predicted molar refractivity (Wildman–Crippen MR) is 71.3 cm³/mol. The van der Waals surface area contributed by atoms with Gasteiger partial charge in [-0.2, -0.15) is 17.0 Å². The second-order valence-corrected chi connectivity index (χ2v) is 7.20. The molecule has 2 atom stereocenters. The number of nitrogens with two attached hydrogens (primary N) is 1. The van der Waals surface area contributed by atoms with Crippen LogP contribution in [0.2, 0.25) is 0 Å². The summed E-state index contributed by atoms with van der Waals surface area (Å²) in [7, 11) is -3.33. The van der Waals surface area contributed by atoms with Gasteiger partial charge in [-0.05, 0) is 18.8 Å². The molecular formula is C11H24N4O2S. The lowest BCUT2D eigenvalue weighted by atomic mass is 10.0. The molecule has 2 rings (SSSR count). The quantitative estimate of drug-likeness (QED) is 0.707. The lowest BCUT2D eigenvalue weighted by Gasteiger charge is -2.39. The highest BCUT2D eigenvalue weighted by Gasteiger charge is 2.37. The van der Waals surface area contributed by atoms with E-state index in [1.54, 1.807) is 8.61 Å². The summed E-state index contributed by atoms with van der Waals surface area (Å²) in [4.78, 5) is 0. The number of hydrogen-bond acceptors (Lipinski definition) is 4. The van der Waals surface area contributed by atoms with Crippen molar-refractivity contribution < 1.29 is 8.42 Å². The molecule has 7 heteroatoms. The van der Waals surface area contributed by atoms with Gasteiger partial charge in [-0.15, -0.1) is 0 Å². The van der Waals surface area contributed by atoms with Crippen molar-refractivity contribution in [2.24, 2.45) is 11.7 Å². The largest absolute Gasteiger partial charge is 0.329 e. The van der Waals surface area contributed by atoms with Crippen molar-refractivity contribution in [3.8, 4) is 0 Å². The van der Waals surface area contributed by atoms with Gasteiger partial charge in [0.1, 0.15) is 0 Å². The first kappa shape index (κ1) is 14.2. The van der Waals surface area contributed by atoms with Gasteiger partial charge in [-0.3, -0.25) is 0 Å². The van der Waals surface area contributed by atoms with Crippen molar-refractivity contribution in [3.63, 3.8) is 0 Å². The summed E-state index contributed by atoms with van der Waals surface area (Å²) in [5.41, 5.74) is 5.68. The molecular weight excluding hydrogens is 252 g/mol. The molecule has 3 N–H and O–H groups in total. The molecule has 0 radical (unpaired) electrons. The molecule has 0 amide bonds. The molecule has 2 aliphatic heterocycles. The van der Waals surface area contributed by atoms with Crippen LogP contribution in [-0.2, 0) is 10.2 Å². The summed E-state index contributed by atoms with van der Waals surface area (Å²) in [6.45, 7) is 5.65. The maximum Gasteiger partial charge on any atom is 0.282 e. The van der Waals surface area contributed by atoms with Crippen molar-refractivity contribution in [2.45, 2.75) is 25.8 Å². The SMILES string of the molecule is CC1CCCN(S(=O)(=O)N2CCNCC2CN)C1. The summed E-state index contributed by atoms with van der Waals surface area (Å²) < 4.78 is 28.5. The third-order valence-corrected chi connectivity index (χ3v) is 5.87. The summed E-state index contributed by atoms with van der Waals surface area (Å²) in [5, 5.41) is 3.19. The molecule has 0 bridgehead atoms. The van der Waals surface area contributed by atoms with E-state index in [4.69, 9.17) is 5.73 Å². The molecule has 6 nitrogen and oxygen atoms in total. The Hall–Kier alpha value is -0.210. The van der Waals surface area contributed by atoms with Crippen molar-refractivity contribution in [3.05, 3.63) is 0 Å². The van der Waals surface area contributed by atoms with Crippen LogP contribution < -0.4 is 11.1 Å². The summed E-state index contributed by atoms with van der Waals surface area (Å²) in [5.74, 6) is 0.452. The van der Waals surface area contributed by atoms with Crippen LogP contribution in [-0.4, -0.2) is 62.3 Å². The molecule has 2 heterocycles. The van der Waals surface area contributed by atoms with Gasteiger partial charge >= 0.3 is 0 Å². The molecule has 18 heavy (non-hydrogen) atoms. The number of rotatable bonds is 3. The van der Waals surface area contributed by atoms with E-state index < -0.39 is 10.2 Å². The van der Waals surface area contributed by atoms with E-state index >= 15 is 0 Å². The smallest absolute Gasteiger partial charge is 0.282 e. The molecule has 0 aromatic heterocycles. The van der Waals surface area contributed by atoms with Crippen LogP contribution in [0.1, 0.15) is 19.8 Å². The Morgan fingerprint density at radius 2 is 2.17 bits per heavy atom. The van der Waals surface area contributed by atoms with E-state index in [1.165, 1.54) is 0 Å². The van der Waals surface area contributed by atoms with Crippen LogP contribution in [0.4, 0.5) is 0 Å². The van der Waals surface area contributed by atoms with E-state index in [0.29, 0.717) is 45.2 Å². The van der Waals surface area contributed by atoms with Crippen LogP contribution in [0.5, 0.6) is 0 Å². The molecule has 2 fully saturated rings. The highest BCUT2D eigenvalue weighted by Crippen LogP contribution is 2.22. The Morgan fingerprint density at radius 1 is 1.39 bits per heavy atom. The fourth-order valence-electron chi connectivity index (χ4n) is 2.75. The molecule has 2 aliphatic rings. The minimum atomic E-state index is -3.33. The van der Waals surface area contributed by atoms with Crippen molar-refractivity contribution in [1.29, 1.82) is 0 Å². The number of hydrogen-bond donors (Lipinski definition) is 2. The summed E-state index contributed by atoms with van der Waals surface area (Å²) in [6, 6.07) is -0.110. The molecule has 0 saturated carbocycles. The Labute approximate surface area is 110 Å². The maximum atomic E-state index is 12.6. The molecule has 106 valence electrons. The summed E-state index contributed by atoms with van der Waals surface area (Å²) in [6.07, 6.45) is 2.08. The zero-order valence-corrected chi connectivity index (χ0v) is 11.8. The fraction of sp³-hybridized carbons (Fsp3) is 1.00. The molecule has 0 aromatic rings. The van der Waals surface area contributed by atoms with Crippen LogP contribution in [0, 0.1) is 5.92 Å². The second-order valence-electron chi connectivity index (χ2n) is 5.32. The Kier molecular flexibility index (Phi) is 4.60. The van der Waals surface area contributed by atoms with Crippen molar-refractivity contribution >= 4 is 10.2 Å². The van der Waals surface area contributed by atoms with E-state index in [9.17, 15) is 8.42 Å². The minimum absolute atomic E-state index is 0.110. The normalized spacial score (nSPS) is 32.6. The first-order chi connectivity index (χ1) is 8.55. The highest BCUT2D eigenvalue weighted by molar-refractivity contribution is 7.86. The average molecular weight is 276 g/mol. The van der Waals surface area contributed by atoms with Crippen LogP contribution in [0.25, 0.3) is 0 Å². The van der Waals surface area contributed by atoms with Crippen molar-refractivity contribution in [1.82, 2.24) is 13.9 Å². The predicted octanol–water partition coefficient (Wildman–Crippen LogP) is -0.804. The van der Waals surface area contributed by atoms with Crippen LogP contribution in [0.15, 0.2) is 0 Å². The molecule has 2 unspecified atom stereocenters. The maximum absolute atomic E-state index is 12.6. The zero-order valence-electron chi connectivity index (χ0n) is 11.0. The third kappa shape index (κ3) is 2.85. The van der Waals surface area contributed by atoms with Gasteiger partial charge in [0.2, 0.25) is 0 Å². The van der Waals surface area contributed by atoms with E-state index in [-0.39, 0.29) is 6.04 Å². The first-order valence-corrected chi connectivity index (χ1v) is 8.13. The van der Waals surface area contributed by atoms with Gasteiger partial charge in [0.15, 0.2) is 0 Å². The monoisotopic (exact) mass is 276 g/mol. The zero-order chi connectivity index (χ0) is 13.2. The van der Waals surface area contributed by atoms with Crippen LogP contribution >= 0.6 is 0 Å². The molecule has 0 aliphatic carbocycles. The average Bonchev–Trinajstić information content (AvgIpc) is 2.38. The Balaban J connectivity index is 2.13.